The summed E-state index contributed by atoms with van der Waals surface area (Å²) in [5, 5.41) is 0. The van der Waals surface area contributed by atoms with Crippen LogP contribution in [0.25, 0.3) is 11.0 Å². The van der Waals surface area contributed by atoms with E-state index in [1.54, 1.807) is 0 Å². The van der Waals surface area contributed by atoms with Crippen LogP contribution < -0.4 is 0 Å². The van der Waals surface area contributed by atoms with E-state index < -0.39 is 8.24 Å². The fourth-order valence-electron chi connectivity index (χ4n) is 4.14. The fourth-order valence-corrected chi connectivity index (χ4v) is 10.7. The van der Waals surface area contributed by atoms with Crippen LogP contribution in [-0.2, 0) is 0 Å². The van der Waals surface area contributed by atoms with Gasteiger partial charge >= 0.3 is 0 Å². The molecule has 0 saturated heterocycles. The molecule has 0 radical (unpaired) electrons. The lowest BCUT2D eigenvalue weighted by Gasteiger charge is -2.44. The molecule has 0 spiro atoms. The summed E-state index contributed by atoms with van der Waals surface area (Å²) in [5.74, 6) is 0. The number of hydrogen-bond acceptors (Lipinski definition) is 1. The van der Waals surface area contributed by atoms with Crippen LogP contribution in [0.4, 0.5) is 0 Å². The second-order valence-electron chi connectivity index (χ2n) is 6.44. The molecule has 0 N–H and O–H groups in total. The Morgan fingerprint density at radius 3 is 2.05 bits per heavy atom. The third-order valence-electron chi connectivity index (χ3n) is 4.65. The van der Waals surface area contributed by atoms with E-state index in [1.807, 2.05) is 6.20 Å². The Morgan fingerprint density at radius 1 is 0.947 bits per heavy atom. The Balaban J connectivity index is 2.74. The molecule has 2 aromatic heterocycles. The van der Waals surface area contributed by atoms with Crippen LogP contribution in [0.5, 0.6) is 0 Å². The number of pyridine rings is 1. The summed E-state index contributed by atoms with van der Waals surface area (Å²) in [7, 11) is -1.64. The number of nitrogens with zero attached hydrogens (tertiary/aromatic N) is 2. The van der Waals surface area contributed by atoms with Crippen LogP contribution in [0, 0.1) is 0 Å². The van der Waals surface area contributed by atoms with E-state index in [4.69, 9.17) is 0 Å². The standard InChI is InChI=1S/C16H26N2Si/c1-12(2)19(13(3)4,14(5)6)18-11-9-15-16(18)8-7-10-17-15/h7-14H,1-6H3. The van der Waals surface area contributed by atoms with Crippen molar-refractivity contribution in [3.8, 4) is 0 Å². The number of hydrogen-bond donors (Lipinski definition) is 0. The number of fused-ring (bicyclic) bond motifs is 1. The highest BCUT2D eigenvalue weighted by atomic mass is 28.3. The van der Waals surface area contributed by atoms with Crippen LogP contribution in [0.3, 0.4) is 0 Å². The van der Waals surface area contributed by atoms with Gasteiger partial charge in [-0.05, 0) is 41.0 Å². The third kappa shape index (κ3) is 2.04. The van der Waals surface area contributed by atoms with Gasteiger partial charge < -0.3 is 4.23 Å². The van der Waals surface area contributed by atoms with Crippen LogP contribution in [0.2, 0.25) is 16.6 Å². The van der Waals surface area contributed by atoms with Gasteiger partial charge in [0.05, 0.1) is 11.0 Å². The summed E-state index contributed by atoms with van der Waals surface area (Å²) in [6.07, 6.45) is 4.17. The van der Waals surface area contributed by atoms with Crippen LogP contribution >= 0.6 is 0 Å². The van der Waals surface area contributed by atoms with E-state index in [-0.39, 0.29) is 0 Å². The zero-order valence-corrected chi connectivity index (χ0v) is 14.0. The number of aromatic nitrogens is 2. The first-order valence-corrected chi connectivity index (χ1v) is 9.52. The van der Waals surface area contributed by atoms with Crippen molar-refractivity contribution >= 4 is 19.3 Å². The topological polar surface area (TPSA) is 17.8 Å². The Hall–Kier alpha value is -1.09. The summed E-state index contributed by atoms with van der Waals surface area (Å²) in [6, 6.07) is 6.44. The lowest BCUT2D eigenvalue weighted by molar-refractivity contribution is 0.773. The molecule has 2 aromatic rings. The smallest absolute Gasteiger partial charge is 0.169 e. The second-order valence-corrected chi connectivity index (χ2v) is 12.2. The lowest BCUT2D eigenvalue weighted by atomic mass is 10.4. The Kier molecular flexibility index (Phi) is 3.86. The predicted octanol–water partition coefficient (Wildman–Crippen LogP) is 5.06. The van der Waals surface area contributed by atoms with Crippen molar-refractivity contribution in [1.82, 2.24) is 9.22 Å². The normalized spacial score (nSPS) is 13.1. The Bertz CT molecular complexity index is 533. The fraction of sp³-hybridized carbons (Fsp3) is 0.562. The minimum atomic E-state index is -1.64. The molecule has 0 aromatic carbocycles. The van der Waals surface area contributed by atoms with Gasteiger partial charge in [0.1, 0.15) is 0 Å². The van der Waals surface area contributed by atoms with Gasteiger partial charge in [-0.3, -0.25) is 4.98 Å². The van der Waals surface area contributed by atoms with Crippen molar-refractivity contribution in [2.75, 3.05) is 0 Å². The molecule has 0 aliphatic carbocycles. The maximum absolute atomic E-state index is 4.49. The third-order valence-corrected chi connectivity index (χ3v) is 11.4. The van der Waals surface area contributed by atoms with Crippen LogP contribution in [0.1, 0.15) is 41.5 Å². The first kappa shape index (κ1) is 14.3. The molecule has 2 rings (SSSR count). The summed E-state index contributed by atoms with van der Waals surface area (Å²) in [5.41, 5.74) is 4.57. The minimum absolute atomic E-state index is 0.711. The molecule has 0 saturated carbocycles. The highest BCUT2D eigenvalue weighted by molar-refractivity contribution is 6.82. The quantitative estimate of drug-likeness (QED) is 0.713. The van der Waals surface area contributed by atoms with E-state index >= 15 is 0 Å². The minimum Gasteiger partial charge on any atom is -0.372 e. The predicted molar refractivity (Wildman–Crippen MR) is 86.2 cm³/mol. The molecular weight excluding hydrogens is 248 g/mol. The zero-order valence-electron chi connectivity index (χ0n) is 13.0. The molecule has 19 heavy (non-hydrogen) atoms. The first-order chi connectivity index (χ1) is 8.92. The van der Waals surface area contributed by atoms with Crippen molar-refractivity contribution in [3.63, 3.8) is 0 Å². The highest BCUT2D eigenvalue weighted by Crippen LogP contribution is 2.43. The summed E-state index contributed by atoms with van der Waals surface area (Å²) >= 11 is 0. The maximum atomic E-state index is 4.49. The lowest BCUT2D eigenvalue weighted by Crippen LogP contribution is -2.51. The molecule has 0 bridgehead atoms. The van der Waals surface area contributed by atoms with E-state index in [2.05, 4.69) is 75.2 Å². The first-order valence-electron chi connectivity index (χ1n) is 7.34. The molecule has 0 aliphatic heterocycles. The van der Waals surface area contributed by atoms with Crippen molar-refractivity contribution in [2.45, 2.75) is 58.2 Å². The molecule has 0 amide bonds. The van der Waals surface area contributed by atoms with E-state index in [0.717, 1.165) is 5.52 Å². The largest absolute Gasteiger partial charge is 0.372 e. The van der Waals surface area contributed by atoms with Gasteiger partial charge in [-0.1, -0.05) is 41.5 Å². The molecule has 0 unspecified atom stereocenters. The molecule has 0 atom stereocenters. The zero-order chi connectivity index (χ0) is 14.2. The highest BCUT2D eigenvalue weighted by Gasteiger charge is 2.45. The van der Waals surface area contributed by atoms with E-state index in [1.165, 1.54) is 5.52 Å². The Labute approximate surface area is 117 Å². The maximum Gasteiger partial charge on any atom is 0.169 e. The van der Waals surface area contributed by atoms with Gasteiger partial charge in [-0.25, -0.2) is 0 Å². The average molecular weight is 274 g/mol. The van der Waals surface area contributed by atoms with E-state index in [0.29, 0.717) is 16.6 Å². The number of rotatable bonds is 4. The SMILES string of the molecule is CC(C)[Si](C(C)C)(C(C)C)n1ccc2ncccc21. The summed E-state index contributed by atoms with van der Waals surface area (Å²) in [4.78, 5) is 4.49. The van der Waals surface area contributed by atoms with Gasteiger partial charge in [0, 0.05) is 6.20 Å². The molecule has 0 fully saturated rings. The molecule has 0 aliphatic rings. The molecule has 3 heteroatoms. The van der Waals surface area contributed by atoms with Gasteiger partial charge in [-0.2, -0.15) is 0 Å². The van der Waals surface area contributed by atoms with Gasteiger partial charge in [-0.15, -0.1) is 0 Å². The van der Waals surface area contributed by atoms with Gasteiger partial charge in [0.25, 0.3) is 0 Å². The van der Waals surface area contributed by atoms with Gasteiger partial charge in [0.15, 0.2) is 8.24 Å². The molecular formula is C16H26N2Si. The molecule has 2 nitrogen and oxygen atoms in total. The second kappa shape index (κ2) is 5.12. The Morgan fingerprint density at radius 2 is 1.53 bits per heavy atom. The summed E-state index contributed by atoms with van der Waals surface area (Å²) in [6.45, 7) is 14.4. The van der Waals surface area contributed by atoms with Crippen molar-refractivity contribution < 1.29 is 0 Å². The van der Waals surface area contributed by atoms with Crippen molar-refractivity contribution in [1.29, 1.82) is 0 Å². The van der Waals surface area contributed by atoms with E-state index in [9.17, 15) is 0 Å². The monoisotopic (exact) mass is 274 g/mol. The summed E-state index contributed by atoms with van der Waals surface area (Å²) < 4.78 is 2.61. The molecule has 2 heterocycles. The molecule has 104 valence electrons. The van der Waals surface area contributed by atoms with Crippen LogP contribution in [-0.4, -0.2) is 17.5 Å². The average Bonchev–Trinajstić information content (AvgIpc) is 2.73. The van der Waals surface area contributed by atoms with Gasteiger partial charge in [0.2, 0.25) is 0 Å². The van der Waals surface area contributed by atoms with Crippen LogP contribution in [0.15, 0.2) is 30.6 Å². The van der Waals surface area contributed by atoms with Crippen molar-refractivity contribution in [2.24, 2.45) is 0 Å². The van der Waals surface area contributed by atoms with Crippen molar-refractivity contribution in [3.05, 3.63) is 30.6 Å².